The summed E-state index contributed by atoms with van der Waals surface area (Å²) in [5.74, 6) is 1.74. The van der Waals surface area contributed by atoms with Gasteiger partial charge in [-0.3, -0.25) is 0 Å². The van der Waals surface area contributed by atoms with Crippen LogP contribution in [0.5, 0.6) is 0 Å². The molecule has 6 aromatic carbocycles. The molecule has 1 aliphatic rings. The maximum absolute atomic E-state index is 9.29. The van der Waals surface area contributed by atoms with Crippen LogP contribution in [-0.4, -0.2) is 20.8 Å². The first kappa shape index (κ1) is 24.4. The van der Waals surface area contributed by atoms with Gasteiger partial charge in [0.25, 0.3) is 11.7 Å². The summed E-state index contributed by atoms with van der Waals surface area (Å²) in [5, 5.41) is 13.9. The van der Waals surface area contributed by atoms with Gasteiger partial charge in [0.05, 0.1) is 33.8 Å². The molecular formula is C39H23N4O+. The molecule has 0 radical (unpaired) electrons. The monoisotopic (exact) mass is 563 g/mol. The van der Waals surface area contributed by atoms with Crippen molar-refractivity contribution in [3.8, 4) is 11.8 Å². The topological polar surface area (TPSA) is 57.2 Å². The Morgan fingerprint density at radius 3 is 2.11 bits per heavy atom. The number of rotatable bonds is 4. The zero-order valence-corrected chi connectivity index (χ0v) is 23.5. The van der Waals surface area contributed by atoms with Gasteiger partial charge in [0.2, 0.25) is 0 Å². The van der Waals surface area contributed by atoms with Crippen LogP contribution in [0.2, 0.25) is 0 Å². The second-order valence-electron chi connectivity index (χ2n) is 11.0. The van der Waals surface area contributed by atoms with Crippen LogP contribution in [-0.2, 0) is 0 Å². The first-order chi connectivity index (χ1) is 21.8. The van der Waals surface area contributed by atoms with Crippen LogP contribution < -0.4 is 0 Å². The van der Waals surface area contributed by atoms with E-state index >= 15 is 0 Å². The van der Waals surface area contributed by atoms with Crippen molar-refractivity contribution in [3.05, 3.63) is 156 Å². The molecule has 0 amide bonds. The molecular weight excluding hydrogens is 540 g/mol. The number of amidine groups is 2. The summed E-state index contributed by atoms with van der Waals surface area (Å²) >= 11 is 0. The van der Waals surface area contributed by atoms with Crippen molar-refractivity contribution in [2.45, 2.75) is 0 Å². The maximum Gasteiger partial charge on any atom is 0.279 e. The second kappa shape index (κ2) is 9.38. The zero-order chi connectivity index (χ0) is 29.2. The number of para-hydroxylation sites is 2. The van der Waals surface area contributed by atoms with Crippen molar-refractivity contribution in [1.82, 2.24) is 4.57 Å². The van der Waals surface area contributed by atoms with E-state index in [2.05, 4.69) is 100 Å². The minimum atomic E-state index is 0.626. The summed E-state index contributed by atoms with van der Waals surface area (Å²) in [6.07, 6.45) is 0. The van der Waals surface area contributed by atoms with E-state index in [1.165, 1.54) is 5.39 Å². The quantitative estimate of drug-likeness (QED) is 0.201. The molecule has 0 bridgehead atoms. The van der Waals surface area contributed by atoms with Crippen LogP contribution >= 0.6 is 0 Å². The highest BCUT2D eigenvalue weighted by molar-refractivity contribution is 6.21. The molecule has 3 heterocycles. The number of hydrogen-bond acceptors (Lipinski definition) is 3. The predicted molar refractivity (Wildman–Crippen MR) is 176 cm³/mol. The third kappa shape index (κ3) is 3.52. The largest absolute Gasteiger partial charge is 0.454 e. The minimum absolute atomic E-state index is 0.626. The lowest BCUT2D eigenvalue weighted by molar-refractivity contribution is -0.319. The Morgan fingerprint density at radius 2 is 1.32 bits per heavy atom. The second-order valence-corrected chi connectivity index (χ2v) is 11.0. The smallest absolute Gasteiger partial charge is 0.279 e. The van der Waals surface area contributed by atoms with Gasteiger partial charge in [-0.1, -0.05) is 65.7 Å². The molecule has 5 heteroatoms. The van der Waals surface area contributed by atoms with Crippen LogP contribution in [0, 0.1) is 11.3 Å². The van der Waals surface area contributed by atoms with Gasteiger partial charge in [0.15, 0.2) is 5.58 Å². The van der Waals surface area contributed by atoms with E-state index in [-0.39, 0.29) is 0 Å². The first-order valence-corrected chi connectivity index (χ1v) is 14.5. The van der Waals surface area contributed by atoms with Crippen LogP contribution in [0.15, 0.2) is 149 Å². The number of furan rings is 1. The van der Waals surface area contributed by atoms with Crippen molar-refractivity contribution in [3.63, 3.8) is 0 Å². The van der Waals surface area contributed by atoms with Crippen LogP contribution in [0.1, 0.15) is 16.7 Å². The number of fused-ring (bicyclic) bond motifs is 7. The Kier molecular flexibility index (Phi) is 5.19. The Labute approximate surface area is 252 Å². The predicted octanol–water partition coefficient (Wildman–Crippen LogP) is 9.11. The summed E-state index contributed by atoms with van der Waals surface area (Å²) in [6, 6.07) is 49.8. The summed E-state index contributed by atoms with van der Waals surface area (Å²) in [7, 11) is 0. The summed E-state index contributed by atoms with van der Waals surface area (Å²) < 4.78 is 11.0. The van der Waals surface area contributed by atoms with E-state index in [9.17, 15) is 5.26 Å². The van der Waals surface area contributed by atoms with Crippen LogP contribution in [0.4, 0.5) is 5.69 Å². The lowest BCUT2D eigenvalue weighted by atomic mass is 10.1. The molecule has 8 aromatic rings. The van der Waals surface area contributed by atoms with Crippen molar-refractivity contribution in [2.75, 3.05) is 0 Å². The molecule has 0 N–H and O–H groups in total. The molecule has 9 rings (SSSR count). The van der Waals surface area contributed by atoms with Gasteiger partial charge in [-0.15, -0.1) is 0 Å². The number of aromatic nitrogens is 1. The minimum Gasteiger partial charge on any atom is -0.454 e. The SMILES string of the molecule is N#Cc1ccc(C2=NC(c3ccccc3)=[N+]2c2ccc(-n3c4ccccc4c4ccc5c6ccccc6oc5c43)cc2)cc1. The van der Waals surface area contributed by atoms with E-state index in [1.54, 1.807) is 0 Å². The summed E-state index contributed by atoms with van der Waals surface area (Å²) in [5.41, 5.74) is 8.66. The molecule has 0 fully saturated rings. The molecule has 204 valence electrons. The number of nitrogens with zero attached hydrogens (tertiary/aromatic N) is 4. The molecule has 0 unspecified atom stereocenters. The number of benzene rings is 6. The molecule has 0 spiro atoms. The number of hydrogen-bond donors (Lipinski definition) is 0. The van der Waals surface area contributed by atoms with E-state index in [4.69, 9.17) is 9.41 Å². The van der Waals surface area contributed by atoms with Crippen molar-refractivity contribution in [2.24, 2.45) is 4.99 Å². The van der Waals surface area contributed by atoms with Gasteiger partial charge >= 0.3 is 0 Å². The van der Waals surface area contributed by atoms with Crippen LogP contribution in [0.3, 0.4) is 0 Å². The molecule has 0 saturated heterocycles. The molecule has 1 aliphatic heterocycles. The highest BCUT2D eigenvalue weighted by atomic mass is 16.3. The highest BCUT2D eigenvalue weighted by Crippen LogP contribution is 2.40. The normalized spacial score (nSPS) is 13.0. The van der Waals surface area contributed by atoms with Gasteiger partial charge in [-0.2, -0.15) is 9.84 Å². The molecule has 0 atom stereocenters. The van der Waals surface area contributed by atoms with Crippen LogP contribution in [0.25, 0.3) is 49.4 Å². The van der Waals surface area contributed by atoms with Crippen molar-refractivity contribution in [1.29, 1.82) is 5.26 Å². The van der Waals surface area contributed by atoms with E-state index < -0.39 is 0 Å². The highest BCUT2D eigenvalue weighted by Gasteiger charge is 2.33. The Balaban J connectivity index is 1.23. The van der Waals surface area contributed by atoms with E-state index in [0.717, 1.165) is 72.5 Å². The molecule has 0 aliphatic carbocycles. The van der Waals surface area contributed by atoms with Gasteiger partial charge < -0.3 is 8.98 Å². The molecule has 5 nitrogen and oxygen atoms in total. The lowest BCUT2D eigenvalue weighted by Gasteiger charge is -2.20. The van der Waals surface area contributed by atoms with Crippen molar-refractivity contribution < 1.29 is 8.99 Å². The summed E-state index contributed by atoms with van der Waals surface area (Å²) in [4.78, 5) is 4.94. The Morgan fingerprint density at radius 1 is 0.614 bits per heavy atom. The fraction of sp³-hybridized carbons (Fsp3) is 0. The molecule has 44 heavy (non-hydrogen) atoms. The van der Waals surface area contributed by atoms with Gasteiger partial charge in [-0.25, -0.2) is 0 Å². The van der Waals surface area contributed by atoms with E-state index in [0.29, 0.717) is 5.56 Å². The Hall–Kier alpha value is -6.25. The van der Waals surface area contributed by atoms with E-state index in [1.807, 2.05) is 54.6 Å². The fourth-order valence-corrected chi connectivity index (χ4v) is 6.42. The van der Waals surface area contributed by atoms with Gasteiger partial charge in [0, 0.05) is 27.2 Å². The molecule has 0 saturated carbocycles. The average molecular weight is 564 g/mol. The summed E-state index contributed by atoms with van der Waals surface area (Å²) in [6.45, 7) is 0. The number of nitriles is 1. The van der Waals surface area contributed by atoms with Gasteiger partial charge in [0.1, 0.15) is 11.3 Å². The zero-order valence-electron chi connectivity index (χ0n) is 23.5. The fourth-order valence-electron chi connectivity index (χ4n) is 6.42. The molecule has 2 aromatic heterocycles. The van der Waals surface area contributed by atoms with Crippen molar-refractivity contribution >= 4 is 61.1 Å². The third-order valence-electron chi connectivity index (χ3n) is 8.49. The van der Waals surface area contributed by atoms with Gasteiger partial charge in [-0.05, 0) is 78.9 Å². The maximum atomic E-state index is 9.29. The standard InChI is InChI=1S/C39H23N4O/c40-24-25-14-16-27(17-15-25)39-41-38(26-8-2-1-3-9-26)43(39)29-20-18-28(19-21-29)42-34-12-6-4-10-30(34)32-22-23-33-31-11-5-7-13-35(31)44-37(33)36(32)42/h1-23H/q+1. The number of aliphatic imine (C=N–C) groups is 1. The lowest BCUT2D eigenvalue weighted by Crippen LogP contribution is -2.34. The third-order valence-corrected chi connectivity index (χ3v) is 8.49. The first-order valence-electron chi connectivity index (χ1n) is 14.5. The average Bonchev–Trinajstić information content (AvgIpc) is 3.62. The Bertz CT molecular complexity index is 2520.